The number of carbonyl (C=O) groups is 3. The fraction of sp³-hybridized carbons (Fsp3) is 0.280. The number of hydrogen-bond acceptors (Lipinski definition) is 5. The number of aliphatic hydroxyl groups excluding tert-OH is 1. The van der Waals surface area contributed by atoms with E-state index in [2.05, 4.69) is 5.32 Å². The summed E-state index contributed by atoms with van der Waals surface area (Å²) >= 11 is 0. The molecule has 0 saturated carbocycles. The molecule has 188 valence electrons. The second kappa shape index (κ2) is 10.2. The van der Waals surface area contributed by atoms with Crippen molar-refractivity contribution in [2.45, 2.75) is 26.1 Å². The molecule has 36 heavy (non-hydrogen) atoms. The molecule has 8 nitrogen and oxygen atoms in total. The van der Waals surface area contributed by atoms with Gasteiger partial charge in [0.2, 0.25) is 0 Å². The number of nitrogens with one attached hydrogen (secondary N) is 1. The molecular weight excluding hydrogens is 477 g/mol. The molecule has 0 spiro atoms. The first-order valence-electron chi connectivity index (χ1n) is 10.8. The van der Waals surface area contributed by atoms with E-state index in [9.17, 15) is 32.8 Å². The molecule has 0 radical (unpaired) electrons. The monoisotopic (exact) mass is 500 g/mol. The van der Waals surface area contributed by atoms with E-state index >= 15 is 0 Å². The number of ketones is 1. The van der Waals surface area contributed by atoms with E-state index in [0.717, 1.165) is 21.9 Å². The number of allylic oxidation sites excluding steroid dienone is 1. The summed E-state index contributed by atoms with van der Waals surface area (Å²) in [5, 5.41) is 20.9. The molecule has 2 aromatic rings. The van der Waals surface area contributed by atoms with Gasteiger partial charge in [-0.2, -0.15) is 18.4 Å². The Bertz CT molecular complexity index is 1300. The zero-order valence-electron chi connectivity index (χ0n) is 19.7. The van der Waals surface area contributed by atoms with Crippen LogP contribution in [0.1, 0.15) is 46.9 Å². The van der Waals surface area contributed by atoms with Gasteiger partial charge < -0.3 is 15.3 Å². The van der Waals surface area contributed by atoms with Crippen LogP contribution < -0.4 is 10.2 Å². The maximum atomic E-state index is 13.5. The number of Topliss-reactive ketones (excluding diaryl/α,β-unsaturated/α-hetero) is 1. The average molecular weight is 500 g/mol. The van der Waals surface area contributed by atoms with Crippen molar-refractivity contribution in [1.29, 1.82) is 5.26 Å². The molecule has 0 bridgehead atoms. The highest BCUT2D eigenvalue weighted by molar-refractivity contribution is 6.06. The summed E-state index contributed by atoms with van der Waals surface area (Å²) in [6.07, 6.45) is -4.64. The van der Waals surface area contributed by atoms with Crippen LogP contribution in [0.25, 0.3) is 0 Å². The summed E-state index contributed by atoms with van der Waals surface area (Å²) in [5.41, 5.74) is -0.397. The Hall–Kier alpha value is -4.17. The minimum atomic E-state index is -4.64. The molecule has 0 aliphatic carbocycles. The normalized spacial score (nSPS) is 16.2. The molecule has 2 N–H and O–H groups in total. The maximum absolute atomic E-state index is 13.5. The summed E-state index contributed by atoms with van der Waals surface area (Å²) in [4.78, 5) is 41.3. The summed E-state index contributed by atoms with van der Waals surface area (Å²) in [5.74, 6) is -1.09. The van der Waals surface area contributed by atoms with Gasteiger partial charge in [-0.3, -0.25) is 14.5 Å². The molecule has 0 aromatic heterocycles. The summed E-state index contributed by atoms with van der Waals surface area (Å²) in [7, 11) is 1.37. The van der Waals surface area contributed by atoms with Gasteiger partial charge in [-0.05, 0) is 49.7 Å². The van der Waals surface area contributed by atoms with Crippen LogP contribution in [0.15, 0.2) is 53.7 Å². The molecule has 1 aliphatic heterocycles. The number of aliphatic hydroxyl groups is 1. The second-order valence-electron chi connectivity index (χ2n) is 8.13. The largest absolute Gasteiger partial charge is 0.416 e. The molecule has 2 aromatic carbocycles. The molecular formula is C25H23F3N4O4. The summed E-state index contributed by atoms with van der Waals surface area (Å²) in [6.45, 7) is 2.32. The van der Waals surface area contributed by atoms with Gasteiger partial charge in [-0.15, -0.1) is 0 Å². The van der Waals surface area contributed by atoms with Crippen molar-refractivity contribution < 1.29 is 32.7 Å². The molecule has 1 atom stereocenters. The van der Waals surface area contributed by atoms with Crippen LogP contribution in [0.3, 0.4) is 0 Å². The Morgan fingerprint density at radius 2 is 1.89 bits per heavy atom. The van der Waals surface area contributed by atoms with Crippen LogP contribution >= 0.6 is 0 Å². The first-order chi connectivity index (χ1) is 16.9. The van der Waals surface area contributed by atoms with Gasteiger partial charge in [0.25, 0.3) is 5.91 Å². The highest BCUT2D eigenvalue weighted by Gasteiger charge is 2.41. The molecule has 0 saturated heterocycles. The van der Waals surface area contributed by atoms with E-state index < -0.39 is 35.5 Å². The number of urea groups is 1. The number of alkyl halides is 3. The SMILES string of the molecule is CC(=O)C1=C(C)N(c2cccc(C(F)(F)F)c2)C(=O)N(C)C1c1ccc(C#N)cc1C(=O)NCCO. The number of rotatable bonds is 6. The van der Waals surface area contributed by atoms with Gasteiger partial charge in [0, 0.05) is 30.4 Å². The third-order valence-electron chi connectivity index (χ3n) is 5.81. The van der Waals surface area contributed by atoms with Crippen molar-refractivity contribution in [3.05, 3.63) is 76.0 Å². The number of nitriles is 1. The lowest BCUT2D eigenvalue weighted by molar-refractivity contribution is -0.137. The molecule has 1 unspecified atom stereocenters. The van der Waals surface area contributed by atoms with Crippen molar-refractivity contribution in [2.24, 2.45) is 0 Å². The molecule has 3 rings (SSSR count). The Balaban J connectivity index is 2.23. The number of nitrogens with zero attached hydrogens (tertiary/aromatic N) is 3. The number of carbonyl (C=O) groups excluding carboxylic acids is 3. The Labute approximate surface area is 205 Å². The number of benzene rings is 2. The highest BCUT2D eigenvalue weighted by Crippen LogP contribution is 2.41. The van der Waals surface area contributed by atoms with Crippen LogP contribution in [0, 0.1) is 11.3 Å². The van der Waals surface area contributed by atoms with Crippen LogP contribution in [0.5, 0.6) is 0 Å². The number of halogens is 3. The van der Waals surface area contributed by atoms with Gasteiger partial charge in [-0.1, -0.05) is 12.1 Å². The van der Waals surface area contributed by atoms with Crippen LogP contribution in [-0.4, -0.2) is 47.9 Å². The van der Waals surface area contributed by atoms with E-state index in [1.54, 1.807) is 0 Å². The Kier molecular flexibility index (Phi) is 7.50. The number of anilines is 1. The number of hydrogen-bond donors (Lipinski definition) is 2. The van der Waals surface area contributed by atoms with Crippen LogP contribution in [0.2, 0.25) is 0 Å². The number of amides is 3. The Morgan fingerprint density at radius 3 is 2.47 bits per heavy atom. The van der Waals surface area contributed by atoms with Crippen molar-refractivity contribution in [1.82, 2.24) is 10.2 Å². The van der Waals surface area contributed by atoms with Gasteiger partial charge >= 0.3 is 12.2 Å². The van der Waals surface area contributed by atoms with E-state index in [1.807, 2.05) is 6.07 Å². The predicted octanol–water partition coefficient (Wildman–Crippen LogP) is 3.78. The lowest BCUT2D eigenvalue weighted by Gasteiger charge is -2.41. The maximum Gasteiger partial charge on any atom is 0.416 e. The quantitative estimate of drug-likeness (QED) is 0.627. The summed E-state index contributed by atoms with van der Waals surface area (Å²) in [6, 6.07) is 8.56. The standard InChI is InChI=1S/C25H23F3N4O4/c1-14-21(15(2)34)22(19-8-7-16(13-29)11-20(19)23(35)30-9-10-33)31(3)24(36)32(14)18-6-4-5-17(12-18)25(26,27)28/h4-8,11-12,22,33H,9-10H2,1-3H3,(H,30,35). The van der Waals surface area contributed by atoms with E-state index in [-0.39, 0.29) is 46.8 Å². The van der Waals surface area contributed by atoms with Crippen molar-refractivity contribution in [3.8, 4) is 6.07 Å². The van der Waals surface area contributed by atoms with Crippen LogP contribution in [0.4, 0.5) is 23.7 Å². The second-order valence-corrected chi connectivity index (χ2v) is 8.13. The Morgan fingerprint density at radius 1 is 1.19 bits per heavy atom. The fourth-order valence-electron chi connectivity index (χ4n) is 4.19. The third kappa shape index (κ3) is 4.94. The topological polar surface area (TPSA) is 114 Å². The zero-order chi connectivity index (χ0) is 26.8. The van der Waals surface area contributed by atoms with Gasteiger partial charge in [0.05, 0.1) is 35.5 Å². The first kappa shape index (κ1) is 26.4. The zero-order valence-corrected chi connectivity index (χ0v) is 19.7. The van der Waals surface area contributed by atoms with E-state index in [0.29, 0.717) is 0 Å². The minimum Gasteiger partial charge on any atom is -0.395 e. The third-order valence-corrected chi connectivity index (χ3v) is 5.81. The van der Waals surface area contributed by atoms with Gasteiger partial charge in [-0.25, -0.2) is 4.79 Å². The van der Waals surface area contributed by atoms with Crippen molar-refractivity contribution in [2.75, 3.05) is 25.1 Å². The number of likely N-dealkylation sites (N-methyl/N-ethyl adjacent to an activating group) is 1. The molecule has 1 heterocycles. The molecule has 3 amide bonds. The molecule has 1 aliphatic rings. The van der Waals surface area contributed by atoms with Gasteiger partial charge in [0.1, 0.15) is 0 Å². The molecule has 11 heteroatoms. The lowest BCUT2D eigenvalue weighted by Crippen LogP contribution is -2.49. The smallest absolute Gasteiger partial charge is 0.395 e. The highest BCUT2D eigenvalue weighted by atomic mass is 19.4. The first-order valence-corrected chi connectivity index (χ1v) is 10.8. The predicted molar refractivity (Wildman–Crippen MR) is 124 cm³/mol. The lowest BCUT2D eigenvalue weighted by atomic mass is 9.87. The van der Waals surface area contributed by atoms with E-state index in [4.69, 9.17) is 5.11 Å². The average Bonchev–Trinajstić information content (AvgIpc) is 2.83. The van der Waals surface area contributed by atoms with E-state index in [1.165, 1.54) is 51.2 Å². The minimum absolute atomic E-state index is 0.0196. The fourth-order valence-corrected chi connectivity index (χ4v) is 4.19. The van der Waals surface area contributed by atoms with Gasteiger partial charge in [0.15, 0.2) is 5.78 Å². The molecule has 0 fully saturated rings. The summed E-state index contributed by atoms with van der Waals surface area (Å²) < 4.78 is 39.9. The van der Waals surface area contributed by atoms with Crippen molar-refractivity contribution >= 4 is 23.4 Å². The van der Waals surface area contributed by atoms with Crippen LogP contribution in [-0.2, 0) is 11.0 Å². The van der Waals surface area contributed by atoms with Crippen molar-refractivity contribution in [3.63, 3.8) is 0 Å².